The number of benzene rings is 2. The summed E-state index contributed by atoms with van der Waals surface area (Å²) in [5, 5.41) is 0.872. The van der Waals surface area contributed by atoms with Crippen molar-refractivity contribution >= 4 is 11.0 Å². The van der Waals surface area contributed by atoms with Crippen LogP contribution in [0, 0.1) is 20.8 Å². The SMILES string of the molecule is Cc1ccc(-c2cc3c(Oc4cc(C)cc(C)c4)ncnc3[nH]2)cc1. The molecule has 0 radical (unpaired) electrons. The lowest BCUT2D eigenvalue weighted by Gasteiger charge is -2.07. The molecule has 4 rings (SSSR count). The van der Waals surface area contributed by atoms with Gasteiger partial charge in [-0.2, -0.15) is 0 Å². The van der Waals surface area contributed by atoms with Crippen LogP contribution < -0.4 is 4.74 Å². The molecule has 0 unspecified atom stereocenters. The Kier molecular flexibility index (Phi) is 3.73. The molecule has 1 N–H and O–H groups in total. The maximum Gasteiger partial charge on any atom is 0.231 e. The van der Waals surface area contributed by atoms with Crippen LogP contribution in [0.15, 0.2) is 54.9 Å². The van der Waals surface area contributed by atoms with E-state index in [0.29, 0.717) is 5.88 Å². The zero-order valence-corrected chi connectivity index (χ0v) is 14.5. The lowest BCUT2D eigenvalue weighted by atomic mass is 10.1. The summed E-state index contributed by atoms with van der Waals surface area (Å²) < 4.78 is 6.05. The number of H-pyrrole nitrogens is 1. The number of hydrogen-bond donors (Lipinski definition) is 1. The summed E-state index contributed by atoms with van der Waals surface area (Å²) in [6.07, 6.45) is 1.52. The average molecular weight is 329 g/mol. The molecular formula is C21H19N3O. The minimum Gasteiger partial charge on any atom is -0.438 e. The van der Waals surface area contributed by atoms with Crippen molar-refractivity contribution in [1.29, 1.82) is 0 Å². The predicted molar refractivity (Wildman–Crippen MR) is 100 cm³/mol. The normalized spacial score (nSPS) is 11.0. The Labute approximate surface area is 146 Å². The zero-order chi connectivity index (χ0) is 17.4. The molecule has 2 aromatic carbocycles. The van der Waals surface area contributed by atoms with Crippen LogP contribution in [0.1, 0.15) is 16.7 Å². The number of nitrogens with one attached hydrogen (secondary N) is 1. The topological polar surface area (TPSA) is 50.8 Å². The van der Waals surface area contributed by atoms with Gasteiger partial charge in [-0.3, -0.25) is 0 Å². The van der Waals surface area contributed by atoms with E-state index in [2.05, 4.69) is 66.1 Å². The van der Waals surface area contributed by atoms with Gasteiger partial charge in [0.15, 0.2) is 0 Å². The minimum absolute atomic E-state index is 0.560. The van der Waals surface area contributed by atoms with Gasteiger partial charge in [0, 0.05) is 5.69 Å². The standard InChI is InChI=1S/C21H19N3O/c1-13-4-6-16(7-5-13)19-11-18-20(24-19)22-12-23-21(18)25-17-9-14(2)8-15(3)10-17/h4-12H,1-3H3,(H,22,23,24). The number of fused-ring (bicyclic) bond motifs is 1. The summed E-state index contributed by atoms with van der Waals surface area (Å²) in [5.74, 6) is 1.35. The van der Waals surface area contributed by atoms with Crippen molar-refractivity contribution in [3.63, 3.8) is 0 Å². The van der Waals surface area contributed by atoms with Crippen molar-refractivity contribution in [2.24, 2.45) is 0 Å². The molecule has 4 heteroatoms. The number of hydrogen-bond acceptors (Lipinski definition) is 3. The van der Waals surface area contributed by atoms with Crippen LogP contribution in [0.5, 0.6) is 11.6 Å². The van der Waals surface area contributed by atoms with Crippen molar-refractivity contribution in [3.05, 3.63) is 71.5 Å². The molecule has 0 fully saturated rings. The van der Waals surface area contributed by atoms with E-state index in [0.717, 1.165) is 39.2 Å². The molecule has 2 aromatic heterocycles. The second-order valence-electron chi connectivity index (χ2n) is 6.42. The van der Waals surface area contributed by atoms with Crippen LogP contribution in [0.2, 0.25) is 0 Å². The Bertz CT molecular complexity index is 1030. The van der Waals surface area contributed by atoms with E-state index < -0.39 is 0 Å². The highest BCUT2D eigenvalue weighted by Crippen LogP contribution is 2.31. The third kappa shape index (κ3) is 3.11. The van der Waals surface area contributed by atoms with E-state index in [1.54, 1.807) is 0 Å². The summed E-state index contributed by atoms with van der Waals surface area (Å²) >= 11 is 0. The molecule has 2 heterocycles. The number of aromatic nitrogens is 3. The van der Waals surface area contributed by atoms with E-state index in [-0.39, 0.29) is 0 Å². The summed E-state index contributed by atoms with van der Waals surface area (Å²) in [7, 11) is 0. The fourth-order valence-electron chi connectivity index (χ4n) is 2.99. The van der Waals surface area contributed by atoms with Crippen molar-refractivity contribution < 1.29 is 4.74 Å². The monoisotopic (exact) mass is 329 g/mol. The number of aryl methyl sites for hydroxylation is 3. The van der Waals surface area contributed by atoms with Gasteiger partial charge >= 0.3 is 0 Å². The maximum atomic E-state index is 6.05. The molecule has 124 valence electrons. The first-order chi connectivity index (χ1) is 12.1. The second-order valence-corrected chi connectivity index (χ2v) is 6.42. The fraction of sp³-hybridized carbons (Fsp3) is 0.143. The predicted octanol–water partition coefficient (Wildman–Crippen LogP) is 5.34. The van der Waals surface area contributed by atoms with Crippen LogP contribution in [-0.4, -0.2) is 15.0 Å². The first-order valence-electron chi connectivity index (χ1n) is 8.25. The van der Waals surface area contributed by atoms with Gasteiger partial charge in [0.2, 0.25) is 5.88 Å². The Morgan fingerprint density at radius 1 is 0.800 bits per heavy atom. The first-order valence-corrected chi connectivity index (χ1v) is 8.25. The molecule has 4 nitrogen and oxygen atoms in total. The van der Waals surface area contributed by atoms with Crippen molar-refractivity contribution in [1.82, 2.24) is 15.0 Å². The van der Waals surface area contributed by atoms with Gasteiger partial charge in [0.05, 0.1) is 5.39 Å². The van der Waals surface area contributed by atoms with Crippen molar-refractivity contribution in [3.8, 4) is 22.9 Å². The number of nitrogens with zero attached hydrogens (tertiary/aromatic N) is 2. The lowest BCUT2D eigenvalue weighted by Crippen LogP contribution is -1.91. The van der Waals surface area contributed by atoms with Gasteiger partial charge in [0.1, 0.15) is 17.7 Å². The summed E-state index contributed by atoms with van der Waals surface area (Å²) in [6.45, 7) is 6.19. The minimum atomic E-state index is 0.560. The molecule has 4 aromatic rings. The Balaban J connectivity index is 1.76. The van der Waals surface area contributed by atoms with E-state index in [9.17, 15) is 0 Å². The molecule has 0 saturated carbocycles. The molecule has 0 saturated heterocycles. The van der Waals surface area contributed by atoms with E-state index >= 15 is 0 Å². The summed E-state index contributed by atoms with van der Waals surface area (Å²) in [6, 6.07) is 16.6. The van der Waals surface area contributed by atoms with Gasteiger partial charge in [-0.15, -0.1) is 0 Å². The maximum absolute atomic E-state index is 6.05. The fourth-order valence-corrected chi connectivity index (χ4v) is 2.99. The molecule has 0 atom stereocenters. The van der Waals surface area contributed by atoms with Gasteiger partial charge in [-0.05, 0) is 55.7 Å². The number of rotatable bonds is 3. The summed E-state index contributed by atoms with van der Waals surface area (Å²) in [5.41, 5.74) is 6.44. The number of ether oxygens (including phenoxy) is 1. The third-order valence-corrected chi connectivity index (χ3v) is 4.16. The highest BCUT2D eigenvalue weighted by atomic mass is 16.5. The molecular weight excluding hydrogens is 310 g/mol. The van der Waals surface area contributed by atoms with Gasteiger partial charge < -0.3 is 9.72 Å². The average Bonchev–Trinajstić information content (AvgIpc) is 3.00. The van der Waals surface area contributed by atoms with E-state index in [1.165, 1.54) is 11.9 Å². The Morgan fingerprint density at radius 2 is 1.52 bits per heavy atom. The number of aromatic amines is 1. The highest BCUT2D eigenvalue weighted by molar-refractivity contribution is 5.87. The molecule has 0 aliphatic carbocycles. The first kappa shape index (κ1) is 15.4. The van der Waals surface area contributed by atoms with E-state index in [4.69, 9.17) is 4.74 Å². The van der Waals surface area contributed by atoms with Crippen molar-refractivity contribution in [2.75, 3.05) is 0 Å². The highest BCUT2D eigenvalue weighted by Gasteiger charge is 2.11. The van der Waals surface area contributed by atoms with Crippen LogP contribution >= 0.6 is 0 Å². The second kappa shape index (κ2) is 6.06. The van der Waals surface area contributed by atoms with Crippen LogP contribution in [0.3, 0.4) is 0 Å². The summed E-state index contributed by atoms with van der Waals surface area (Å²) in [4.78, 5) is 12.0. The van der Waals surface area contributed by atoms with Crippen LogP contribution in [0.25, 0.3) is 22.3 Å². The molecule has 0 aliphatic rings. The van der Waals surface area contributed by atoms with Crippen LogP contribution in [-0.2, 0) is 0 Å². The molecule has 0 aliphatic heterocycles. The van der Waals surface area contributed by atoms with Crippen molar-refractivity contribution in [2.45, 2.75) is 20.8 Å². The smallest absolute Gasteiger partial charge is 0.231 e. The molecule has 25 heavy (non-hydrogen) atoms. The quantitative estimate of drug-likeness (QED) is 0.552. The van der Waals surface area contributed by atoms with Gasteiger partial charge in [-0.1, -0.05) is 35.9 Å². The van der Waals surface area contributed by atoms with Crippen LogP contribution in [0.4, 0.5) is 0 Å². The Morgan fingerprint density at radius 3 is 2.24 bits per heavy atom. The molecule has 0 amide bonds. The van der Waals surface area contributed by atoms with Gasteiger partial charge in [0.25, 0.3) is 0 Å². The van der Waals surface area contributed by atoms with E-state index in [1.807, 2.05) is 18.2 Å². The third-order valence-electron chi connectivity index (χ3n) is 4.16. The Hall–Kier alpha value is -3.14. The largest absolute Gasteiger partial charge is 0.438 e. The lowest BCUT2D eigenvalue weighted by molar-refractivity contribution is 0.467. The molecule has 0 bridgehead atoms. The van der Waals surface area contributed by atoms with Gasteiger partial charge in [-0.25, -0.2) is 9.97 Å². The zero-order valence-electron chi connectivity index (χ0n) is 14.5. The molecule has 0 spiro atoms.